The molecule has 1 aliphatic heterocycles. The molecule has 170 valence electrons. The summed E-state index contributed by atoms with van der Waals surface area (Å²) in [6.45, 7) is 5.83. The van der Waals surface area contributed by atoms with Gasteiger partial charge >= 0.3 is 18.0 Å². The van der Waals surface area contributed by atoms with E-state index in [0.717, 1.165) is 17.5 Å². The molecule has 1 aliphatic rings. The summed E-state index contributed by atoms with van der Waals surface area (Å²) in [4.78, 5) is 58.7. The molecule has 3 heterocycles. The third-order valence-electron chi connectivity index (χ3n) is 4.44. The first-order valence-corrected chi connectivity index (χ1v) is 10.4. The number of rotatable bonds is 4. The zero-order valence-electron chi connectivity index (χ0n) is 17.9. The van der Waals surface area contributed by atoms with Crippen molar-refractivity contribution in [3.63, 3.8) is 0 Å². The Bertz CT molecular complexity index is 1090. The summed E-state index contributed by atoms with van der Waals surface area (Å²) in [6.07, 6.45) is 2.24. The quantitative estimate of drug-likeness (QED) is 0.654. The highest BCUT2D eigenvalue weighted by Crippen LogP contribution is 2.38. The number of hydrogen-bond acceptors (Lipinski definition) is 9. The summed E-state index contributed by atoms with van der Waals surface area (Å²) in [6, 6.07) is 0. The molecule has 12 heteroatoms. The van der Waals surface area contributed by atoms with Crippen LogP contribution in [-0.4, -0.2) is 63.2 Å². The van der Waals surface area contributed by atoms with E-state index in [1.54, 1.807) is 20.8 Å². The lowest BCUT2D eigenvalue weighted by Crippen LogP contribution is -2.39. The van der Waals surface area contributed by atoms with Gasteiger partial charge in [-0.2, -0.15) is 0 Å². The molecule has 0 saturated heterocycles. The normalized spacial score (nSPS) is 13.2. The van der Waals surface area contributed by atoms with Crippen LogP contribution >= 0.6 is 11.3 Å². The minimum Gasteiger partial charge on any atom is -0.476 e. The average molecular weight is 462 g/mol. The van der Waals surface area contributed by atoms with Crippen LogP contribution in [0.3, 0.4) is 0 Å². The number of anilines is 1. The second-order valence-corrected chi connectivity index (χ2v) is 8.97. The van der Waals surface area contributed by atoms with Crippen molar-refractivity contribution in [2.45, 2.75) is 39.3 Å². The van der Waals surface area contributed by atoms with E-state index in [1.807, 2.05) is 0 Å². The van der Waals surface area contributed by atoms with E-state index >= 15 is 0 Å². The highest BCUT2D eigenvalue weighted by molar-refractivity contribution is 7.17. The van der Waals surface area contributed by atoms with Gasteiger partial charge in [0.15, 0.2) is 11.4 Å². The van der Waals surface area contributed by atoms with Gasteiger partial charge < -0.3 is 24.8 Å². The molecule has 3 rings (SSSR count). The fraction of sp³-hybridized carbons (Fsp3) is 0.400. The van der Waals surface area contributed by atoms with Gasteiger partial charge in [0, 0.05) is 23.8 Å². The van der Waals surface area contributed by atoms with Gasteiger partial charge in [0.25, 0.3) is 5.91 Å². The number of methoxy groups -OCH3 is 1. The van der Waals surface area contributed by atoms with E-state index in [2.05, 4.69) is 15.3 Å². The smallest absolute Gasteiger partial charge is 0.410 e. The first-order chi connectivity index (χ1) is 15.0. The predicted octanol–water partition coefficient (Wildman–Crippen LogP) is 2.57. The van der Waals surface area contributed by atoms with Crippen molar-refractivity contribution in [1.29, 1.82) is 0 Å². The lowest BCUT2D eigenvalue weighted by Gasteiger charge is -2.30. The van der Waals surface area contributed by atoms with E-state index in [-0.39, 0.29) is 17.1 Å². The number of carbonyl (C=O) groups is 4. The Morgan fingerprint density at radius 1 is 1.16 bits per heavy atom. The summed E-state index contributed by atoms with van der Waals surface area (Å²) >= 11 is 1.10. The maximum atomic E-state index is 12.7. The van der Waals surface area contributed by atoms with Crippen LogP contribution < -0.4 is 5.32 Å². The van der Waals surface area contributed by atoms with Gasteiger partial charge in [0.1, 0.15) is 10.6 Å². The first kappa shape index (κ1) is 23.1. The molecule has 0 aromatic carbocycles. The maximum absolute atomic E-state index is 12.7. The number of fused-ring (bicyclic) bond motifs is 1. The van der Waals surface area contributed by atoms with Gasteiger partial charge in [-0.1, -0.05) is 0 Å². The van der Waals surface area contributed by atoms with Crippen LogP contribution in [0.15, 0.2) is 12.4 Å². The molecule has 2 aromatic heterocycles. The fourth-order valence-corrected chi connectivity index (χ4v) is 4.36. The van der Waals surface area contributed by atoms with Crippen LogP contribution in [0.25, 0.3) is 0 Å². The van der Waals surface area contributed by atoms with Crippen molar-refractivity contribution in [2.24, 2.45) is 0 Å². The highest BCUT2D eigenvalue weighted by atomic mass is 32.1. The Kier molecular flexibility index (Phi) is 6.44. The number of ether oxygens (including phenoxy) is 2. The number of carboxylic acid groups (broad SMARTS) is 1. The molecule has 2 aromatic rings. The number of hydrogen-bond donors (Lipinski definition) is 2. The summed E-state index contributed by atoms with van der Waals surface area (Å²) in [5.41, 5.74) is -0.721. The van der Waals surface area contributed by atoms with Crippen LogP contribution in [0, 0.1) is 0 Å². The minimum absolute atomic E-state index is 0.172. The Morgan fingerprint density at radius 2 is 1.81 bits per heavy atom. The monoisotopic (exact) mass is 462 g/mol. The molecule has 0 radical (unpaired) electrons. The van der Waals surface area contributed by atoms with E-state index in [4.69, 9.17) is 9.47 Å². The Morgan fingerprint density at radius 3 is 2.41 bits per heavy atom. The number of nitrogens with zero attached hydrogens (tertiary/aromatic N) is 3. The second-order valence-electron chi connectivity index (χ2n) is 7.86. The van der Waals surface area contributed by atoms with Crippen molar-refractivity contribution in [3.05, 3.63) is 39.8 Å². The molecule has 2 N–H and O–H groups in total. The predicted molar refractivity (Wildman–Crippen MR) is 113 cm³/mol. The first-order valence-electron chi connectivity index (χ1n) is 9.58. The molecule has 0 aliphatic carbocycles. The number of amides is 2. The SMILES string of the molecule is COC(=O)c1c(NC(=O)c2nccnc2C(=O)O)sc2c1CCN(C(=O)OC(C)(C)C)C2. The third-order valence-corrected chi connectivity index (χ3v) is 5.57. The number of carbonyl (C=O) groups excluding carboxylic acids is 3. The van der Waals surface area contributed by atoms with Crippen LogP contribution in [0.5, 0.6) is 0 Å². The lowest BCUT2D eigenvalue weighted by molar-refractivity contribution is 0.0226. The van der Waals surface area contributed by atoms with Crippen molar-refractivity contribution in [1.82, 2.24) is 14.9 Å². The molecule has 0 fully saturated rings. The number of thiophene rings is 1. The standard InChI is InChI=1S/C20H22N4O7S/c1-20(2,3)31-19(29)24-8-5-10-11(9-24)32-16(12(10)18(28)30-4)23-15(25)13-14(17(26)27)22-7-6-21-13/h6-7H,5,8-9H2,1-4H3,(H,23,25)(H,26,27). The van der Waals surface area contributed by atoms with E-state index in [0.29, 0.717) is 23.4 Å². The average Bonchev–Trinajstić information content (AvgIpc) is 3.08. The number of aromatic carboxylic acids is 1. The van der Waals surface area contributed by atoms with E-state index in [1.165, 1.54) is 18.2 Å². The van der Waals surface area contributed by atoms with Crippen LogP contribution in [0.4, 0.5) is 9.80 Å². The van der Waals surface area contributed by atoms with Crippen molar-refractivity contribution in [3.8, 4) is 0 Å². The number of aromatic nitrogens is 2. The molecule has 0 saturated carbocycles. The lowest BCUT2D eigenvalue weighted by atomic mass is 10.0. The molecule has 2 amide bonds. The molecular weight excluding hydrogens is 440 g/mol. The molecule has 32 heavy (non-hydrogen) atoms. The summed E-state index contributed by atoms with van der Waals surface area (Å²) in [7, 11) is 1.22. The number of carboxylic acids is 1. The van der Waals surface area contributed by atoms with Gasteiger partial charge in [0.2, 0.25) is 0 Å². The molecule has 0 atom stereocenters. The maximum Gasteiger partial charge on any atom is 0.410 e. The molecule has 0 bridgehead atoms. The van der Waals surface area contributed by atoms with Gasteiger partial charge in [-0.25, -0.2) is 24.4 Å². The van der Waals surface area contributed by atoms with Crippen molar-refractivity contribution >= 4 is 40.3 Å². The Labute approximate surface area is 187 Å². The topological polar surface area (TPSA) is 148 Å². The minimum atomic E-state index is -1.41. The Hall–Kier alpha value is -3.54. The van der Waals surface area contributed by atoms with Crippen LogP contribution in [0.2, 0.25) is 0 Å². The van der Waals surface area contributed by atoms with Crippen LogP contribution in [0.1, 0.15) is 62.5 Å². The van der Waals surface area contributed by atoms with Gasteiger partial charge in [-0.3, -0.25) is 4.79 Å². The van der Waals surface area contributed by atoms with Gasteiger partial charge in [-0.15, -0.1) is 11.3 Å². The molecule has 11 nitrogen and oxygen atoms in total. The fourth-order valence-electron chi connectivity index (χ4n) is 3.11. The van der Waals surface area contributed by atoms with E-state index < -0.39 is 40.9 Å². The zero-order chi connectivity index (χ0) is 23.6. The van der Waals surface area contributed by atoms with E-state index in [9.17, 15) is 24.3 Å². The summed E-state index contributed by atoms with van der Waals surface area (Å²) in [5.74, 6) is -2.89. The number of nitrogens with one attached hydrogen (secondary N) is 1. The zero-order valence-corrected chi connectivity index (χ0v) is 18.7. The van der Waals surface area contributed by atoms with Crippen molar-refractivity contribution < 1.29 is 33.8 Å². The van der Waals surface area contributed by atoms with Gasteiger partial charge in [0.05, 0.1) is 19.2 Å². The third kappa shape index (κ3) is 4.85. The Balaban J connectivity index is 1.92. The molecule has 0 spiro atoms. The molecule has 0 unspecified atom stereocenters. The second kappa shape index (κ2) is 8.91. The van der Waals surface area contributed by atoms with Gasteiger partial charge in [-0.05, 0) is 32.8 Å². The largest absolute Gasteiger partial charge is 0.476 e. The summed E-state index contributed by atoms with van der Waals surface area (Å²) < 4.78 is 10.3. The summed E-state index contributed by atoms with van der Waals surface area (Å²) in [5, 5.41) is 12.0. The van der Waals surface area contributed by atoms with Crippen LogP contribution in [-0.2, 0) is 22.4 Å². The molecular formula is C20H22N4O7S. The van der Waals surface area contributed by atoms with Crippen molar-refractivity contribution in [2.75, 3.05) is 19.0 Å². The number of esters is 1. The highest BCUT2D eigenvalue weighted by Gasteiger charge is 2.33.